The molecule has 1 saturated heterocycles. The standard InChI is InChI=1S/C17H15F3N4S/c18-17(19,20)15-11-14(12-3-1-2-4-13(12)22-15)23-6-8-24(9-7-23)16-21-5-10-25-16/h1-5,10-11H,6-9H2. The maximum absolute atomic E-state index is 13.2. The molecule has 130 valence electrons. The van der Waals surface area contributed by atoms with Gasteiger partial charge in [0.25, 0.3) is 0 Å². The molecule has 0 N–H and O–H groups in total. The first-order chi connectivity index (χ1) is 12.0. The summed E-state index contributed by atoms with van der Waals surface area (Å²) in [5.74, 6) is 0. The van der Waals surface area contributed by atoms with Gasteiger partial charge in [0.1, 0.15) is 5.69 Å². The second-order valence-corrected chi connectivity index (χ2v) is 6.70. The van der Waals surface area contributed by atoms with Crippen LogP contribution in [-0.4, -0.2) is 36.1 Å². The zero-order chi connectivity index (χ0) is 17.4. The number of nitrogens with zero attached hydrogens (tertiary/aromatic N) is 4. The summed E-state index contributed by atoms with van der Waals surface area (Å²) in [5.41, 5.74) is 0.120. The number of alkyl halides is 3. The van der Waals surface area contributed by atoms with Crippen molar-refractivity contribution in [2.75, 3.05) is 36.0 Å². The molecule has 3 heterocycles. The summed E-state index contributed by atoms with van der Waals surface area (Å²) < 4.78 is 39.6. The van der Waals surface area contributed by atoms with Crippen molar-refractivity contribution in [2.45, 2.75) is 6.18 Å². The van der Waals surface area contributed by atoms with Crippen LogP contribution in [0.3, 0.4) is 0 Å². The van der Waals surface area contributed by atoms with E-state index in [9.17, 15) is 13.2 Å². The highest BCUT2D eigenvalue weighted by Gasteiger charge is 2.34. The van der Waals surface area contributed by atoms with Gasteiger partial charge in [0.15, 0.2) is 5.13 Å². The van der Waals surface area contributed by atoms with Gasteiger partial charge in [-0.25, -0.2) is 9.97 Å². The van der Waals surface area contributed by atoms with Crippen LogP contribution in [0.1, 0.15) is 5.69 Å². The van der Waals surface area contributed by atoms with Gasteiger partial charge in [0.2, 0.25) is 0 Å². The van der Waals surface area contributed by atoms with Crippen LogP contribution in [0.5, 0.6) is 0 Å². The molecule has 0 bridgehead atoms. The summed E-state index contributed by atoms with van der Waals surface area (Å²) in [6.07, 6.45) is -2.69. The third-order valence-electron chi connectivity index (χ3n) is 4.29. The van der Waals surface area contributed by atoms with Crippen LogP contribution in [0.25, 0.3) is 10.9 Å². The normalized spacial score (nSPS) is 15.8. The first kappa shape index (κ1) is 16.1. The van der Waals surface area contributed by atoms with Crippen molar-refractivity contribution in [1.82, 2.24) is 9.97 Å². The number of piperazine rings is 1. The van der Waals surface area contributed by atoms with Crippen LogP contribution < -0.4 is 9.80 Å². The van der Waals surface area contributed by atoms with Crippen molar-refractivity contribution in [2.24, 2.45) is 0 Å². The molecule has 2 aromatic heterocycles. The molecule has 0 radical (unpaired) electrons. The minimum absolute atomic E-state index is 0.370. The van der Waals surface area contributed by atoms with Gasteiger partial charge in [-0.3, -0.25) is 0 Å². The summed E-state index contributed by atoms with van der Waals surface area (Å²) >= 11 is 1.57. The van der Waals surface area contributed by atoms with Gasteiger partial charge in [-0.1, -0.05) is 18.2 Å². The number of thiazole rings is 1. The van der Waals surface area contributed by atoms with Gasteiger partial charge in [0.05, 0.1) is 5.52 Å². The Balaban J connectivity index is 1.67. The number of pyridine rings is 1. The molecule has 0 amide bonds. The van der Waals surface area contributed by atoms with E-state index in [1.165, 1.54) is 6.07 Å². The van der Waals surface area contributed by atoms with E-state index in [0.29, 0.717) is 24.3 Å². The lowest BCUT2D eigenvalue weighted by molar-refractivity contribution is -0.140. The number of benzene rings is 1. The predicted octanol–water partition coefficient (Wildman–Crippen LogP) is 4.04. The third-order valence-corrected chi connectivity index (χ3v) is 5.13. The molecule has 0 aliphatic carbocycles. The minimum atomic E-state index is -4.46. The van der Waals surface area contributed by atoms with Crippen molar-refractivity contribution >= 4 is 33.1 Å². The lowest BCUT2D eigenvalue weighted by Gasteiger charge is -2.36. The van der Waals surface area contributed by atoms with Gasteiger partial charge >= 0.3 is 6.18 Å². The molecule has 1 fully saturated rings. The van der Waals surface area contributed by atoms with Crippen molar-refractivity contribution in [3.05, 3.63) is 47.6 Å². The van der Waals surface area contributed by atoms with Gasteiger partial charge in [-0.2, -0.15) is 13.2 Å². The summed E-state index contributed by atoms with van der Waals surface area (Å²) in [6.45, 7) is 2.74. The molecule has 4 rings (SSSR count). The van der Waals surface area contributed by atoms with E-state index < -0.39 is 11.9 Å². The minimum Gasteiger partial charge on any atom is -0.367 e. The topological polar surface area (TPSA) is 32.3 Å². The quantitative estimate of drug-likeness (QED) is 0.687. The fraction of sp³-hybridized carbons (Fsp3) is 0.294. The van der Waals surface area contributed by atoms with Crippen LogP contribution in [0.15, 0.2) is 41.9 Å². The summed E-state index contributed by atoms with van der Waals surface area (Å²) in [5, 5.41) is 3.63. The Morgan fingerprint density at radius 2 is 1.72 bits per heavy atom. The SMILES string of the molecule is FC(F)(F)c1cc(N2CCN(c3nccs3)CC2)c2ccccc2n1. The number of aromatic nitrogens is 2. The van der Waals surface area contributed by atoms with Gasteiger partial charge in [-0.05, 0) is 12.1 Å². The number of rotatable bonds is 2. The number of anilines is 2. The van der Waals surface area contributed by atoms with E-state index in [4.69, 9.17) is 0 Å². The predicted molar refractivity (Wildman–Crippen MR) is 93.3 cm³/mol. The van der Waals surface area contributed by atoms with E-state index >= 15 is 0 Å². The summed E-state index contributed by atoms with van der Waals surface area (Å²) in [7, 11) is 0. The Hall–Kier alpha value is -2.35. The maximum atomic E-state index is 13.2. The maximum Gasteiger partial charge on any atom is 0.433 e. The Bertz CT molecular complexity index is 871. The van der Waals surface area contributed by atoms with Gasteiger partial charge in [0, 0.05) is 48.8 Å². The lowest BCUT2D eigenvalue weighted by atomic mass is 10.1. The highest BCUT2D eigenvalue weighted by atomic mass is 32.1. The molecule has 8 heteroatoms. The average Bonchev–Trinajstić information content (AvgIpc) is 3.15. The molecule has 0 unspecified atom stereocenters. The Morgan fingerprint density at radius 3 is 2.40 bits per heavy atom. The van der Waals surface area contributed by atoms with Crippen molar-refractivity contribution in [1.29, 1.82) is 0 Å². The van der Waals surface area contributed by atoms with Crippen LogP contribution in [0.4, 0.5) is 24.0 Å². The molecule has 3 aromatic rings. The zero-order valence-electron chi connectivity index (χ0n) is 13.2. The second kappa shape index (κ2) is 6.18. The highest BCUT2D eigenvalue weighted by molar-refractivity contribution is 7.13. The molecule has 0 atom stereocenters. The second-order valence-electron chi connectivity index (χ2n) is 5.83. The van der Waals surface area contributed by atoms with E-state index in [1.807, 2.05) is 22.4 Å². The summed E-state index contributed by atoms with van der Waals surface area (Å²) in [4.78, 5) is 12.3. The Morgan fingerprint density at radius 1 is 1.00 bits per heavy atom. The molecule has 1 aromatic carbocycles. The third kappa shape index (κ3) is 3.13. The molecule has 25 heavy (non-hydrogen) atoms. The monoisotopic (exact) mass is 364 g/mol. The summed E-state index contributed by atoms with van der Waals surface area (Å²) in [6, 6.07) is 8.15. The molecule has 1 aliphatic rings. The number of hydrogen-bond donors (Lipinski definition) is 0. The van der Waals surface area contributed by atoms with Crippen molar-refractivity contribution in [3.63, 3.8) is 0 Å². The number of hydrogen-bond acceptors (Lipinski definition) is 5. The Kier molecular flexibility index (Phi) is 3.99. The number of fused-ring (bicyclic) bond motifs is 1. The largest absolute Gasteiger partial charge is 0.433 e. The number of para-hydroxylation sites is 1. The van der Waals surface area contributed by atoms with Crippen LogP contribution in [0.2, 0.25) is 0 Å². The van der Waals surface area contributed by atoms with Crippen LogP contribution in [0, 0.1) is 0 Å². The zero-order valence-corrected chi connectivity index (χ0v) is 14.0. The average molecular weight is 364 g/mol. The molecular weight excluding hydrogens is 349 g/mol. The van der Waals surface area contributed by atoms with E-state index in [-0.39, 0.29) is 0 Å². The molecule has 0 saturated carbocycles. The smallest absolute Gasteiger partial charge is 0.367 e. The van der Waals surface area contributed by atoms with Crippen LogP contribution in [-0.2, 0) is 6.18 Å². The fourth-order valence-electron chi connectivity index (χ4n) is 3.07. The molecule has 1 aliphatic heterocycles. The van der Waals surface area contributed by atoms with E-state index in [1.54, 1.807) is 29.7 Å². The lowest BCUT2D eigenvalue weighted by Crippen LogP contribution is -2.46. The molecule has 0 spiro atoms. The molecule has 4 nitrogen and oxygen atoms in total. The highest BCUT2D eigenvalue weighted by Crippen LogP contribution is 2.35. The Labute approximate surface area is 146 Å². The van der Waals surface area contributed by atoms with Crippen molar-refractivity contribution < 1.29 is 13.2 Å². The first-order valence-corrected chi connectivity index (χ1v) is 8.77. The van der Waals surface area contributed by atoms with Crippen molar-refractivity contribution in [3.8, 4) is 0 Å². The number of halogens is 3. The fourth-order valence-corrected chi connectivity index (χ4v) is 3.77. The van der Waals surface area contributed by atoms with Gasteiger partial charge < -0.3 is 9.80 Å². The van der Waals surface area contributed by atoms with E-state index in [2.05, 4.69) is 14.9 Å². The van der Waals surface area contributed by atoms with Crippen LogP contribution >= 0.6 is 11.3 Å². The first-order valence-electron chi connectivity index (χ1n) is 7.89. The van der Waals surface area contributed by atoms with Gasteiger partial charge in [-0.15, -0.1) is 11.3 Å². The van der Waals surface area contributed by atoms with E-state index in [0.717, 1.165) is 23.6 Å². The molecular formula is C17H15F3N4S.